The first-order valence-corrected chi connectivity index (χ1v) is 13.8. The predicted octanol–water partition coefficient (Wildman–Crippen LogP) is 5.03. The average molecular weight is 589 g/mol. The Morgan fingerprint density at radius 2 is 1.64 bits per heavy atom. The molecule has 1 fully saturated rings. The molecule has 2 aromatic carbocycles. The summed E-state index contributed by atoms with van der Waals surface area (Å²) in [6.45, 7) is 7.44. The normalized spacial score (nSPS) is 13.9. The summed E-state index contributed by atoms with van der Waals surface area (Å²) in [5.41, 5.74) is 3.35. The van der Waals surface area contributed by atoms with E-state index in [1.54, 1.807) is 28.3 Å². The van der Waals surface area contributed by atoms with Crippen molar-refractivity contribution in [1.82, 2.24) is 9.13 Å². The van der Waals surface area contributed by atoms with Gasteiger partial charge in [-0.2, -0.15) is 13.2 Å². The number of carbonyl (C=O) groups excluding carboxylic acids is 3. The van der Waals surface area contributed by atoms with Crippen molar-refractivity contribution in [2.75, 3.05) is 24.6 Å². The molecule has 0 atom stereocenters. The summed E-state index contributed by atoms with van der Waals surface area (Å²) < 4.78 is 50.5. The molecule has 0 saturated carbocycles. The molecule has 0 radical (unpaired) electrons. The molecule has 42 heavy (non-hydrogen) atoms. The number of hydrogen-bond acceptors (Lipinski definition) is 7. The number of alkyl halides is 3. The third-order valence-corrected chi connectivity index (χ3v) is 7.26. The van der Waals surface area contributed by atoms with E-state index in [-0.39, 0.29) is 31.0 Å². The molecule has 226 valence electrons. The van der Waals surface area contributed by atoms with Crippen LogP contribution >= 0.6 is 0 Å². The van der Waals surface area contributed by atoms with Gasteiger partial charge >= 0.3 is 18.1 Å². The van der Waals surface area contributed by atoms with Gasteiger partial charge in [0.15, 0.2) is 5.78 Å². The van der Waals surface area contributed by atoms with E-state index < -0.39 is 30.0 Å². The van der Waals surface area contributed by atoms with Gasteiger partial charge in [0, 0.05) is 37.7 Å². The van der Waals surface area contributed by atoms with Crippen LogP contribution in [0, 0.1) is 5.41 Å². The first-order chi connectivity index (χ1) is 19.7. The molecule has 0 amide bonds. The summed E-state index contributed by atoms with van der Waals surface area (Å²) in [7, 11) is 1.79. The summed E-state index contributed by atoms with van der Waals surface area (Å²) in [5.74, 6) is -3.45. The molecule has 2 heterocycles. The number of esters is 2. The van der Waals surface area contributed by atoms with Crippen molar-refractivity contribution in [2.45, 2.75) is 64.6 Å². The zero-order chi connectivity index (χ0) is 30.8. The second-order valence-electron chi connectivity index (χ2n) is 11.4. The number of nitrogens with zero attached hydrogens (tertiary/aromatic N) is 3. The molecule has 0 unspecified atom stereocenters. The number of aromatic nitrogens is 2. The highest BCUT2D eigenvalue weighted by Crippen LogP contribution is 2.41. The molecular formula is C30H35F3N4O5. The molecule has 1 saturated heterocycles. The van der Waals surface area contributed by atoms with Gasteiger partial charge < -0.3 is 23.5 Å². The molecule has 12 heteroatoms. The highest BCUT2D eigenvalue weighted by molar-refractivity contribution is 5.98. The number of rotatable bonds is 9. The number of nitrogens with one attached hydrogen (secondary N) is 1. The van der Waals surface area contributed by atoms with Crippen LogP contribution in [0.25, 0.3) is 11.0 Å². The lowest BCUT2D eigenvalue weighted by Crippen LogP contribution is -2.28. The Balaban J connectivity index is 1.61. The number of aryl methyl sites for hydroxylation is 1. The van der Waals surface area contributed by atoms with Crippen molar-refractivity contribution in [3.8, 4) is 5.75 Å². The Morgan fingerprint density at radius 3 is 2.26 bits per heavy atom. The van der Waals surface area contributed by atoms with E-state index in [1.165, 1.54) is 0 Å². The fraction of sp³-hybridized carbons (Fsp3) is 0.467. The van der Waals surface area contributed by atoms with Crippen LogP contribution in [0.4, 0.5) is 18.9 Å². The number of para-hydroxylation sites is 2. The van der Waals surface area contributed by atoms with Gasteiger partial charge in [-0.1, -0.05) is 32.9 Å². The molecule has 9 nitrogen and oxygen atoms in total. The van der Waals surface area contributed by atoms with Crippen LogP contribution in [0.15, 0.2) is 36.4 Å². The maximum Gasteiger partial charge on any atom is 0.491 e. The lowest BCUT2D eigenvalue weighted by Gasteiger charge is -2.29. The van der Waals surface area contributed by atoms with Crippen LogP contribution in [0.1, 0.15) is 62.4 Å². The van der Waals surface area contributed by atoms with Crippen LogP contribution in [0.5, 0.6) is 5.75 Å². The molecule has 3 aromatic rings. The van der Waals surface area contributed by atoms with Gasteiger partial charge in [-0.05, 0) is 48.9 Å². The molecule has 1 N–H and O–H groups in total. The van der Waals surface area contributed by atoms with Gasteiger partial charge in [0.2, 0.25) is 5.62 Å². The van der Waals surface area contributed by atoms with Gasteiger partial charge in [-0.25, -0.2) is 4.79 Å². The van der Waals surface area contributed by atoms with E-state index in [0.29, 0.717) is 11.3 Å². The van der Waals surface area contributed by atoms with E-state index in [4.69, 9.17) is 10.1 Å². The number of fused-ring (bicyclic) bond motifs is 1. The van der Waals surface area contributed by atoms with Gasteiger partial charge in [-0.15, -0.1) is 0 Å². The van der Waals surface area contributed by atoms with Crippen LogP contribution in [-0.4, -0.2) is 52.7 Å². The minimum absolute atomic E-state index is 0.0133. The van der Waals surface area contributed by atoms with Crippen LogP contribution in [-0.2, 0) is 33.3 Å². The van der Waals surface area contributed by atoms with Gasteiger partial charge in [0.25, 0.3) is 0 Å². The summed E-state index contributed by atoms with van der Waals surface area (Å²) >= 11 is 0. The molecular weight excluding hydrogens is 553 g/mol. The fourth-order valence-corrected chi connectivity index (χ4v) is 5.06. The highest BCUT2D eigenvalue weighted by atomic mass is 19.4. The monoisotopic (exact) mass is 588 g/mol. The Kier molecular flexibility index (Phi) is 8.84. The zero-order valence-corrected chi connectivity index (χ0v) is 24.1. The summed E-state index contributed by atoms with van der Waals surface area (Å²) in [6.07, 6.45) is -3.71. The number of Topliss-reactive ketones (excluding diaryl/α,β-unsaturated/α-hetero) is 1. The van der Waals surface area contributed by atoms with Crippen molar-refractivity contribution in [1.29, 1.82) is 5.41 Å². The second-order valence-corrected chi connectivity index (χ2v) is 11.4. The number of halogens is 3. The maximum atomic E-state index is 13.7. The maximum absolute atomic E-state index is 13.7. The Hall–Kier alpha value is -4.09. The first-order valence-electron chi connectivity index (χ1n) is 13.8. The minimum Gasteiger partial charge on any atom is -0.491 e. The lowest BCUT2D eigenvalue weighted by molar-refractivity contribution is -0.201. The Bertz CT molecular complexity index is 1560. The van der Waals surface area contributed by atoms with Crippen molar-refractivity contribution in [3.63, 3.8) is 0 Å². The molecule has 0 bridgehead atoms. The third kappa shape index (κ3) is 6.69. The van der Waals surface area contributed by atoms with Crippen molar-refractivity contribution in [3.05, 3.63) is 53.1 Å². The number of hydrogen-bond donors (Lipinski definition) is 1. The molecule has 1 aliphatic rings. The van der Waals surface area contributed by atoms with E-state index >= 15 is 0 Å². The molecule has 0 spiro atoms. The Morgan fingerprint density at radius 1 is 1.00 bits per heavy atom. The van der Waals surface area contributed by atoms with Gasteiger partial charge in [0.1, 0.15) is 5.75 Å². The Labute approximate surface area is 241 Å². The average Bonchev–Trinajstić information content (AvgIpc) is 3.53. The van der Waals surface area contributed by atoms with E-state index in [9.17, 15) is 27.6 Å². The predicted molar refractivity (Wildman–Crippen MR) is 150 cm³/mol. The lowest BCUT2D eigenvalue weighted by atomic mass is 9.84. The third-order valence-electron chi connectivity index (χ3n) is 7.26. The molecule has 1 aliphatic heterocycles. The van der Waals surface area contributed by atoms with E-state index in [2.05, 4.69) is 9.64 Å². The van der Waals surface area contributed by atoms with Crippen molar-refractivity contribution < 1.29 is 37.0 Å². The minimum atomic E-state index is -5.24. The number of anilines is 1. The number of ether oxygens (including phenoxy) is 2. The first kappa shape index (κ1) is 30.9. The van der Waals surface area contributed by atoms with Crippen LogP contribution in [0.3, 0.4) is 0 Å². The fourth-order valence-electron chi connectivity index (χ4n) is 5.06. The van der Waals surface area contributed by atoms with Crippen LogP contribution < -0.4 is 15.3 Å². The number of imidazole rings is 1. The SMILES string of the molecule is Cn1c(=N)n(CC(=O)c2cc(N3CCCC3)c(OCCCC(=O)OC(=O)C(F)(F)F)c(C(C)(C)C)c2)c2ccccc21. The van der Waals surface area contributed by atoms with Gasteiger partial charge in [-0.3, -0.25) is 15.0 Å². The zero-order valence-electron chi connectivity index (χ0n) is 24.1. The van der Waals surface area contributed by atoms with E-state index in [0.717, 1.165) is 48.2 Å². The smallest absolute Gasteiger partial charge is 0.491 e. The largest absolute Gasteiger partial charge is 0.491 e. The second kappa shape index (κ2) is 12.0. The van der Waals surface area contributed by atoms with Crippen molar-refractivity contribution >= 4 is 34.4 Å². The quantitative estimate of drug-likeness (QED) is 0.163. The van der Waals surface area contributed by atoms with Gasteiger partial charge in [0.05, 0.1) is 29.9 Å². The van der Waals surface area contributed by atoms with Crippen molar-refractivity contribution in [2.24, 2.45) is 7.05 Å². The molecule has 1 aromatic heterocycles. The van der Waals surface area contributed by atoms with E-state index in [1.807, 2.05) is 45.0 Å². The van der Waals surface area contributed by atoms with Crippen LogP contribution in [0.2, 0.25) is 0 Å². The summed E-state index contributed by atoms with van der Waals surface area (Å²) in [4.78, 5) is 38.5. The highest BCUT2D eigenvalue weighted by Gasteiger charge is 2.42. The molecule has 4 rings (SSSR count). The molecule has 0 aliphatic carbocycles. The topological polar surface area (TPSA) is 107 Å². The summed E-state index contributed by atoms with van der Waals surface area (Å²) in [5, 5.41) is 8.56. The standard InChI is InChI=1S/C30H35F3N4O5/c1-29(2,3)20-16-19(24(38)18-37-22-11-6-5-10-21(22)35(4)28(37)34)17-23(36-13-7-8-14-36)26(20)41-15-9-12-25(39)42-27(40)30(31,32)33/h5-6,10-11,16-17,34H,7-9,12-15,18H2,1-4H3. The number of benzene rings is 2. The number of carbonyl (C=O) groups is 3. The summed E-state index contributed by atoms with van der Waals surface area (Å²) in [6, 6.07) is 11.1. The number of ketones is 1.